The highest BCUT2D eigenvalue weighted by Gasteiger charge is 2.44. The van der Waals surface area contributed by atoms with Gasteiger partial charge in [0.2, 0.25) is 5.91 Å². The summed E-state index contributed by atoms with van der Waals surface area (Å²) in [5, 5.41) is 54.2. The SMILES string of the molecule is CC/C=C\C/C=C\C/C=C\C/C=C\C/C=C\C/C=C\CCCCCCC(=O)NC(COC1OC(CO)C(O)C(O)C1O)C(O)/C=C/CCCCCCCCCCCCCC. The third kappa shape index (κ3) is 30.4. The van der Waals surface area contributed by atoms with Crippen molar-refractivity contribution in [3.63, 3.8) is 0 Å². The summed E-state index contributed by atoms with van der Waals surface area (Å²) in [6.45, 7) is 3.62. The van der Waals surface area contributed by atoms with Gasteiger partial charge in [0.15, 0.2) is 6.29 Å². The van der Waals surface area contributed by atoms with Crippen LogP contribution < -0.4 is 5.32 Å². The van der Waals surface area contributed by atoms with Gasteiger partial charge < -0.3 is 40.3 Å². The first kappa shape index (κ1) is 55.4. The molecule has 0 aromatic carbocycles. The van der Waals surface area contributed by atoms with E-state index in [1.54, 1.807) is 6.08 Å². The molecule has 0 saturated carbocycles. The average Bonchev–Trinajstić information content (AvgIpc) is 3.25. The summed E-state index contributed by atoms with van der Waals surface area (Å²) in [5.41, 5.74) is 0. The quantitative estimate of drug-likeness (QED) is 0.0266. The lowest BCUT2D eigenvalue weighted by atomic mass is 9.99. The van der Waals surface area contributed by atoms with Crippen LogP contribution in [0.15, 0.2) is 85.1 Å². The molecule has 0 bridgehead atoms. The molecule has 0 radical (unpaired) electrons. The molecule has 0 spiro atoms. The number of carbonyl (C=O) groups is 1. The van der Waals surface area contributed by atoms with E-state index in [1.807, 2.05) is 6.08 Å². The molecular weight excluding hydrogens is 755 g/mol. The van der Waals surface area contributed by atoms with Gasteiger partial charge in [0.1, 0.15) is 24.4 Å². The van der Waals surface area contributed by atoms with Crippen molar-refractivity contribution in [3.8, 4) is 0 Å². The Morgan fingerprint density at radius 3 is 1.53 bits per heavy atom. The first-order chi connectivity index (χ1) is 29.3. The molecular formula is C51H87NO8. The number of ether oxygens (including phenoxy) is 2. The van der Waals surface area contributed by atoms with Crippen molar-refractivity contribution in [2.75, 3.05) is 13.2 Å². The van der Waals surface area contributed by atoms with Gasteiger partial charge in [-0.2, -0.15) is 0 Å². The molecule has 6 N–H and O–H groups in total. The average molecular weight is 842 g/mol. The zero-order valence-corrected chi connectivity index (χ0v) is 37.7. The smallest absolute Gasteiger partial charge is 0.220 e. The van der Waals surface area contributed by atoms with E-state index in [0.717, 1.165) is 89.9 Å². The molecule has 0 aliphatic carbocycles. The number of hydrogen-bond acceptors (Lipinski definition) is 8. The van der Waals surface area contributed by atoms with E-state index < -0.39 is 49.5 Å². The largest absolute Gasteiger partial charge is 0.394 e. The lowest BCUT2D eigenvalue weighted by molar-refractivity contribution is -0.302. The minimum absolute atomic E-state index is 0.204. The molecule has 60 heavy (non-hydrogen) atoms. The van der Waals surface area contributed by atoms with E-state index >= 15 is 0 Å². The summed E-state index contributed by atoms with van der Waals surface area (Å²) in [7, 11) is 0. The predicted octanol–water partition coefficient (Wildman–Crippen LogP) is 10.3. The molecule has 0 aromatic rings. The number of aliphatic hydroxyl groups excluding tert-OH is 5. The van der Waals surface area contributed by atoms with Gasteiger partial charge in [-0.25, -0.2) is 0 Å². The van der Waals surface area contributed by atoms with Crippen molar-refractivity contribution in [1.29, 1.82) is 0 Å². The minimum atomic E-state index is -1.58. The van der Waals surface area contributed by atoms with E-state index in [4.69, 9.17) is 9.47 Å². The van der Waals surface area contributed by atoms with Crippen molar-refractivity contribution < 1.29 is 39.8 Å². The topological polar surface area (TPSA) is 149 Å². The van der Waals surface area contributed by atoms with Crippen LogP contribution >= 0.6 is 0 Å². The van der Waals surface area contributed by atoms with Gasteiger partial charge >= 0.3 is 0 Å². The highest BCUT2D eigenvalue weighted by atomic mass is 16.7. The van der Waals surface area contributed by atoms with E-state index in [9.17, 15) is 30.3 Å². The lowest BCUT2D eigenvalue weighted by Crippen LogP contribution is -2.60. The Balaban J connectivity index is 2.36. The van der Waals surface area contributed by atoms with E-state index in [0.29, 0.717) is 6.42 Å². The van der Waals surface area contributed by atoms with Crippen LogP contribution in [-0.4, -0.2) is 87.5 Å². The van der Waals surface area contributed by atoms with Crippen LogP contribution in [0.2, 0.25) is 0 Å². The van der Waals surface area contributed by atoms with Crippen LogP contribution in [-0.2, 0) is 14.3 Å². The third-order valence-corrected chi connectivity index (χ3v) is 10.7. The second-order valence-corrected chi connectivity index (χ2v) is 16.2. The zero-order valence-electron chi connectivity index (χ0n) is 37.7. The fraction of sp³-hybridized carbons (Fsp3) is 0.706. The number of rotatable bonds is 38. The van der Waals surface area contributed by atoms with Gasteiger partial charge in [-0.3, -0.25) is 4.79 Å². The van der Waals surface area contributed by atoms with Crippen molar-refractivity contribution in [1.82, 2.24) is 5.32 Å². The van der Waals surface area contributed by atoms with Crippen LogP contribution in [0, 0.1) is 0 Å². The summed E-state index contributed by atoms with van der Waals surface area (Å²) in [5.74, 6) is -0.206. The maximum atomic E-state index is 13.0. The fourth-order valence-electron chi connectivity index (χ4n) is 6.92. The molecule has 0 aromatic heterocycles. The van der Waals surface area contributed by atoms with Crippen LogP contribution in [0.3, 0.4) is 0 Å². The van der Waals surface area contributed by atoms with Crippen LogP contribution in [0.5, 0.6) is 0 Å². The van der Waals surface area contributed by atoms with Crippen molar-refractivity contribution in [2.24, 2.45) is 0 Å². The minimum Gasteiger partial charge on any atom is -0.394 e. The highest BCUT2D eigenvalue weighted by molar-refractivity contribution is 5.76. The molecule has 9 heteroatoms. The molecule has 7 unspecified atom stereocenters. The number of carbonyl (C=O) groups excluding carboxylic acids is 1. The number of hydrogen-bond donors (Lipinski definition) is 6. The Morgan fingerprint density at radius 1 is 0.583 bits per heavy atom. The number of nitrogens with one attached hydrogen (secondary N) is 1. The molecule has 9 nitrogen and oxygen atoms in total. The molecule has 1 aliphatic rings. The normalized spacial score (nSPS) is 21.4. The molecule has 344 valence electrons. The Labute approximate surface area is 365 Å². The molecule has 1 heterocycles. The summed E-state index contributed by atoms with van der Waals surface area (Å²) >= 11 is 0. The second kappa shape index (κ2) is 40.4. The van der Waals surface area contributed by atoms with Crippen molar-refractivity contribution in [3.05, 3.63) is 85.1 Å². The summed E-state index contributed by atoms with van der Waals surface area (Å²) in [4.78, 5) is 13.0. The summed E-state index contributed by atoms with van der Waals surface area (Å²) < 4.78 is 11.2. The van der Waals surface area contributed by atoms with E-state index in [-0.39, 0.29) is 12.5 Å². The Bertz CT molecular complexity index is 1210. The standard InChI is InChI=1S/C51H87NO8/c1-3-5-7-9-11-13-15-17-19-20-21-22-23-24-25-26-27-29-31-33-35-37-39-41-47(55)52-44(43-59-51-50(58)49(57)48(56)46(42-53)60-51)45(54)40-38-36-34-32-30-28-18-16-14-12-10-8-6-4-2/h5,7,11,13,17,19,21-22,24-25,27,29,38,40,44-46,48-51,53-54,56-58H,3-4,6,8-10,12,14-16,18,20,23,26,28,30-37,39,41-43H2,1-2H3,(H,52,55)/b7-5-,13-11-,19-17-,22-21-,25-24-,29-27-,40-38+. The number of amides is 1. The number of aliphatic hydroxyl groups is 5. The van der Waals surface area contributed by atoms with Gasteiger partial charge in [0.05, 0.1) is 25.4 Å². The summed E-state index contributed by atoms with van der Waals surface area (Å²) in [6, 6.07) is -0.823. The van der Waals surface area contributed by atoms with Crippen molar-refractivity contribution in [2.45, 2.75) is 217 Å². The van der Waals surface area contributed by atoms with E-state index in [1.165, 1.54) is 64.2 Å². The zero-order chi connectivity index (χ0) is 43.7. The maximum absolute atomic E-state index is 13.0. The van der Waals surface area contributed by atoms with Gasteiger partial charge in [-0.15, -0.1) is 0 Å². The number of allylic oxidation sites excluding steroid dienone is 13. The van der Waals surface area contributed by atoms with Crippen LogP contribution in [0.25, 0.3) is 0 Å². The molecule has 1 aliphatic heterocycles. The molecule has 1 fully saturated rings. The van der Waals surface area contributed by atoms with Gasteiger partial charge in [-0.1, -0.05) is 182 Å². The third-order valence-electron chi connectivity index (χ3n) is 10.7. The molecule has 7 atom stereocenters. The van der Waals surface area contributed by atoms with Crippen LogP contribution in [0.1, 0.15) is 174 Å². The highest BCUT2D eigenvalue weighted by Crippen LogP contribution is 2.22. The lowest BCUT2D eigenvalue weighted by Gasteiger charge is -2.40. The van der Waals surface area contributed by atoms with Gasteiger partial charge in [0, 0.05) is 6.42 Å². The predicted molar refractivity (Wildman–Crippen MR) is 248 cm³/mol. The Morgan fingerprint density at radius 2 is 1.03 bits per heavy atom. The van der Waals surface area contributed by atoms with Crippen LogP contribution in [0.4, 0.5) is 0 Å². The summed E-state index contributed by atoms with van der Waals surface area (Å²) in [6.07, 6.45) is 49.0. The Kier molecular flexibility index (Phi) is 37.3. The van der Waals surface area contributed by atoms with Gasteiger partial charge in [0.25, 0.3) is 0 Å². The number of unbranched alkanes of at least 4 members (excludes halogenated alkanes) is 16. The first-order valence-electron chi connectivity index (χ1n) is 23.8. The maximum Gasteiger partial charge on any atom is 0.220 e. The first-order valence-corrected chi connectivity index (χ1v) is 23.8. The van der Waals surface area contributed by atoms with Crippen molar-refractivity contribution >= 4 is 5.91 Å². The fourth-order valence-corrected chi connectivity index (χ4v) is 6.92. The molecule has 1 saturated heterocycles. The van der Waals surface area contributed by atoms with E-state index in [2.05, 4.69) is 92.1 Å². The monoisotopic (exact) mass is 842 g/mol. The molecule has 1 rings (SSSR count). The second-order valence-electron chi connectivity index (χ2n) is 16.2. The Hall–Kier alpha value is -2.63. The van der Waals surface area contributed by atoms with Gasteiger partial charge in [-0.05, 0) is 70.6 Å². The molecule has 1 amide bonds.